The number of hydrogen-bond acceptors (Lipinski definition) is 28. The third kappa shape index (κ3) is 11.9. The number of hydrogen-bond donors (Lipinski definition) is 10. The number of ketones is 2. The lowest BCUT2D eigenvalue weighted by atomic mass is 9.80. The molecule has 6 aliphatic carbocycles. The molecule has 2 aliphatic heterocycles. The number of phenols is 4. The number of anilines is 4. The highest BCUT2D eigenvalue weighted by Gasteiger charge is 2.44. The first-order valence-corrected chi connectivity index (χ1v) is 44.6. The first kappa shape index (κ1) is 85.9. The van der Waals surface area contributed by atoms with E-state index in [0.717, 1.165) is 125 Å². The molecule has 8 aliphatic rings. The standard InChI is InChI=1S/C35H32N2O7.C33H30N2O6.C30H24O9.C6H14N2/c1-13-10-15-23-28-24(33-32(15)36-16-8-6-7-9-17(16)37-33)18(39)11-20(42-3)26(28)27-21(43-4)12-19(40)25-30(27)29(23)31(22(13)14(2)38)35(44-5)34(25)41;1-13-9-14-22-23-15(10-13)33(41-4)32(38)25-19(37)12-21(40-3)27(29(23)25)26-20(39-2)11-18(36)24(28(22)26)31-30(14)34-16-7-5-6-8-17(16)35-31;1-10-7-12-18-23-19(27(34)29(12)38-5)13(32)8-15(36-3)21(23)22-16(37-4)9-14(33)20-25(22)24(18)26(17(10)11(2)31)30(39-6)28(20)35;7-5-3-1-2-4-6(5)8/h10-12,16-17,22,36-37,41H,6-9H2,1-5H3;10-12,16-17,34-35,38H,5-9H2,1-4H3;8-9,34-35H,7H2,1-6H3;5-6H,1-4,7-8H2. The number of allylic oxidation sites excluding steroid dienone is 4. The molecule has 15 aromatic rings. The summed E-state index contributed by atoms with van der Waals surface area (Å²) in [5, 5.41) is 72.9. The van der Waals surface area contributed by atoms with Crippen LogP contribution in [-0.2, 0) is 22.4 Å². The van der Waals surface area contributed by atoms with Crippen LogP contribution in [0.15, 0.2) is 81.9 Å². The summed E-state index contributed by atoms with van der Waals surface area (Å²) in [6.45, 7) is 8.66. The summed E-state index contributed by atoms with van der Waals surface area (Å²) in [6, 6.07) is 9.65. The number of rotatable bonds is 12. The van der Waals surface area contributed by atoms with Gasteiger partial charge in [0.05, 0.1) is 132 Å². The molecule has 0 aromatic heterocycles. The van der Waals surface area contributed by atoms with Crippen LogP contribution in [0, 0.1) is 0 Å². The molecule has 132 heavy (non-hydrogen) atoms. The Labute approximate surface area is 753 Å². The Morgan fingerprint density at radius 2 is 0.667 bits per heavy atom. The number of nitrogens with two attached hydrogens (primary N) is 2. The van der Waals surface area contributed by atoms with E-state index in [1.54, 1.807) is 14.0 Å². The molecular formula is C104H100N6O22. The van der Waals surface area contributed by atoms with Crippen LogP contribution in [0.4, 0.5) is 22.7 Å². The van der Waals surface area contributed by atoms with E-state index in [1.807, 2.05) is 19.1 Å². The van der Waals surface area contributed by atoms with Crippen molar-refractivity contribution in [3.05, 3.63) is 148 Å². The molecule has 23 rings (SSSR count). The number of benzene rings is 15. The number of ether oxygens (including phenoxy) is 10. The van der Waals surface area contributed by atoms with Crippen LogP contribution in [0.1, 0.15) is 151 Å². The second-order valence-electron chi connectivity index (χ2n) is 36.2. The van der Waals surface area contributed by atoms with Crippen molar-refractivity contribution in [2.45, 2.75) is 167 Å². The summed E-state index contributed by atoms with van der Waals surface area (Å²) in [4.78, 5) is 109. The first-order valence-electron chi connectivity index (χ1n) is 44.6. The van der Waals surface area contributed by atoms with Crippen molar-refractivity contribution in [3.63, 3.8) is 0 Å². The molecule has 7 unspecified atom stereocenters. The fraction of sp³-hybridized carbons (Fsp3) is 0.346. The predicted octanol–water partition coefficient (Wildman–Crippen LogP) is 16.1. The van der Waals surface area contributed by atoms with E-state index in [2.05, 4.69) is 28.2 Å². The van der Waals surface area contributed by atoms with E-state index in [0.29, 0.717) is 143 Å². The van der Waals surface area contributed by atoms with E-state index >= 15 is 0 Å². The van der Waals surface area contributed by atoms with Crippen LogP contribution in [0.5, 0.6) is 80.5 Å². The van der Waals surface area contributed by atoms with Crippen molar-refractivity contribution in [1.82, 2.24) is 0 Å². The van der Waals surface area contributed by atoms with E-state index in [4.69, 9.17) is 58.8 Å². The Hall–Kier alpha value is -14.1. The van der Waals surface area contributed by atoms with Gasteiger partial charge in [-0.3, -0.25) is 38.4 Å². The summed E-state index contributed by atoms with van der Waals surface area (Å²) in [5.41, 5.74) is 19.0. The number of nitrogens with one attached hydrogen (secondary N) is 4. The van der Waals surface area contributed by atoms with Crippen LogP contribution >= 0.6 is 0 Å². The van der Waals surface area contributed by atoms with Crippen molar-refractivity contribution in [3.8, 4) is 80.5 Å². The largest absolute Gasteiger partial charge is 0.504 e. The highest BCUT2D eigenvalue weighted by atomic mass is 16.5. The number of aromatic hydroxyl groups is 4. The van der Waals surface area contributed by atoms with E-state index in [-0.39, 0.29) is 155 Å². The molecule has 0 radical (unpaired) electrons. The van der Waals surface area contributed by atoms with Gasteiger partial charge in [-0.15, -0.1) is 0 Å². The van der Waals surface area contributed by atoms with Crippen LogP contribution in [0.2, 0.25) is 0 Å². The molecule has 0 bridgehead atoms. The van der Waals surface area contributed by atoms with Gasteiger partial charge in [0.25, 0.3) is 0 Å². The number of carbonyl (C=O) groups is 2. The summed E-state index contributed by atoms with van der Waals surface area (Å²) in [7, 11) is 14.5. The normalized spacial score (nSPS) is 19.3. The fourth-order valence-electron chi connectivity index (χ4n) is 24.0. The molecule has 2 heterocycles. The zero-order valence-corrected chi connectivity index (χ0v) is 75.9. The Morgan fingerprint density at radius 3 is 1.08 bits per heavy atom. The lowest BCUT2D eigenvalue weighted by Crippen LogP contribution is -2.45. The first-order chi connectivity index (χ1) is 63.5. The van der Waals surface area contributed by atoms with Gasteiger partial charge in [0.1, 0.15) is 40.3 Å². The monoisotopic (exact) mass is 1780 g/mol. The second kappa shape index (κ2) is 31.6. The van der Waals surface area contributed by atoms with Crippen LogP contribution in [-0.4, -0.2) is 139 Å². The van der Waals surface area contributed by atoms with E-state index in [9.17, 15) is 58.8 Å². The molecule has 0 amide bonds. The van der Waals surface area contributed by atoms with Gasteiger partial charge in [0.15, 0.2) is 84.4 Å². The molecule has 28 heteroatoms. The fourth-order valence-corrected chi connectivity index (χ4v) is 24.0. The molecule has 12 N–H and O–H groups in total. The van der Waals surface area contributed by atoms with Crippen LogP contribution in [0.25, 0.3) is 147 Å². The van der Waals surface area contributed by atoms with Crippen LogP contribution in [0.3, 0.4) is 0 Å². The number of Topliss-reactive ketones (excluding diaryl/α,β-unsaturated/α-hetero) is 2. The average Bonchev–Trinajstić information content (AvgIpc) is 1.23. The van der Waals surface area contributed by atoms with Crippen molar-refractivity contribution in [2.75, 3.05) is 92.4 Å². The minimum Gasteiger partial charge on any atom is -0.504 e. The minimum absolute atomic E-state index is 0.00428. The third-order valence-corrected chi connectivity index (χ3v) is 29.3. The molecular weight excluding hydrogens is 1690 g/mol. The summed E-state index contributed by atoms with van der Waals surface area (Å²) in [5.74, 6) is -0.416. The van der Waals surface area contributed by atoms with Crippen molar-refractivity contribution in [2.24, 2.45) is 11.5 Å². The average molecular weight is 1790 g/mol. The van der Waals surface area contributed by atoms with Gasteiger partial charge < -0.3 is 101 Å². The second-order valence-corrected chi connectivity index (χ2v) is 36.2. The molecule has 3 saturated carbocycles. The predicted molar refractivity (Wildman–Crippen MR) is 519 cm³/mol. The van der Waals surface area contributed by atoms with Gasteiger partial charge in [-0.2, -0.15) is 0 Å². The zero-order chi connectivity index (χ0) is 93.1. The quantitative estimate of drug-likeness (QED) is 0.0401. The molecule has 3 fully saturated rings. The van der Waals surface area contributed by atoms with E-state index < -0.39 is 28.0 Å². The topological polar surface area (TPSA) is 410 Å². The van der Waals surface area contributed by atoms with Gasteiger partial charge in [-0.1, -0.05) is 67.4 Å². The SMILES string of the molecule is COc1c(O)c2c(=O)cc(OC)c3c4c(OC)cc(=O)c5c(O)c(OC)c6c(c(c1CC(C)=C6C(C)=O)c23)c54.COc1c(O)c2c(=O)cc(OC)c3c4c(OC)cc(=O)c5c6c(c7c(c(c1C(C(C)=O)C(C)=C7)c23)c54)NC1CCCCC1N6.COc1c(O)c2c(=O)cc(OC)c3c4c(OC)cc(=O)c5c6c(c7c(c(c1C=C(C)C7)c23)c54)NC1CCCCC1N6.NC1CCCCC1N. The Balaban J connectivity index is 0.000000118. The molecule has 0 saturated heterocycles. The molecule has 28 nitrogen and oxygen atoms in total. The number of phenolic OH excluding ortho intramolecular Hbond substituents is 4. The van der Waals surface area contributed by atoms with Gasteiger partial charge in [0.2, 0.25) is 0 Å². The maximum absolute atomic E-state index is 14.1. The summed E-state index contributed by atoms with van der Waals surface area (Å²) < 4.78 is 57.6. The molecule has 7 atom stereocenters. The lowest BCUT2D eigenvalue weighted by Gasteiger charge is -2.41. The summed E-state index contributed by atoms with van der Waals surface area (Å²) in [6.07, 6.45) is 18.2. The van der Waals surface area contributed by atoms with Crippen molar-refractivity contribution < 1.29 is 77.4 Å². The number of carbonyl (C=O) groups excluding carboxylic acids is 2. The Morgan fingerprint density at radius 1 is 0.333 bits per heavy atom. The summed E-state index contributed by atoms with van der Waals surface area (Å²) >= 11 is 0. The Kier molecular flexibility index (Phi) is 20.6. The highest BCUT2D eigenvalue weighted by molar-refractivity contribution is 6.45. The molecule has 678 valence electrons. The van der Waals surface area contributed by atoms with Gasteiger partial charge >= 0.3 is 0 Å². The third-order valence-electron chi connectivity index (χ3n) is 29.3. The maximum atomic E-state index is 14.1. The Bertz CT molecular complexity index is 8120. The lowest BCUT2D eigenvalue weighted by molar-refractivity contribution is -0.117. The smallest absolute Gasteiger partial charge is 0.194 e. The minimum atomic E-state index is -0.777. The van der Waals surface area contributed by atoms with Gasteiger partial charge in [0, 0.05) is 187 Å². The van der Waals surface area contributed by atoms with Crippen molar-refractivity contribution >= 4 is 181 Å². The zero-order valence-electron chi connectivity index (χ0n) is 75.9. The highest BCUT2D eigenvalue weighted by Crippen LogP contribution is 2.64. The van der Waals surface area contributed by atoms with Crippen LogP contribution < -0.4 is 113 Å². The van der Waals surface area contributed by atoms with Crippen molar-refractivity contribution in [1.29, 1.82) is 0 Å². The number of fused-ring (bicyclic) bond motifs is 11. The molecule has 15 aromatic carbocycles. The van der Waals surface area contributed by atoms with Gasteiger partial charge in [-0.25, -0.2) is 0 Å². The van der Waals surface area contributed by atoms with Gasteiger partial charge in [-0.05, 0) is 108 Å². The number of methoxy groups -OCH3 is 10. The molecule has 0 spiro atoms. The van der Waals surface area contributed by atoms with E-state index in [1.165, 1.54) is 127 Å². The maximum Gasteiger partial charge on any atom is 0.194 e.